The molecule has 0 bridgehead atoms. The molecule has 0 atom stereocenters. The van der Waals surface area contributed by atoms with Crippen LogP contribution < -0.4 is 5.59 Å². The molecule has 0 aliphatic carbocycles. The van der Waals surface area contributed by atoms with Gasteiger partial charge in [-0.05, 0) is 33.8 Å². The molecule has 19 heavy (non-hydrogen) atoms. The number of hydrogen-bond acceptors (Lipinski definition) is 5. The van der Waals surface area contributed by atoms with Crippen LogP contribution in [0.25, 0.3) is 0 Å². The Morgan fingerprint density at radius 2 is 1.89 bits per heavy atom. The molecule has 0 aromatic carbocycles. The van der Waals surface area contributed by atoms with Gasteiger partial charge >= 0.3 is 7.12 Å². The maximum Gasteiger partial charge on any atom is 0.515 e. The fraction of sp³-hybridized carbons (Fsp3) is 0.462. The van der Waals surface area contributed by atoms with E-state index in [9.17, 15) is 10.1 Å². The van der Waals surface area contributed by atoms with E-state index in [2.05, 4.69) is 4.98 Å². The summed E-state index contributed by atoms with van der Waals surface area (Å²) in [4.78, 5) is 15.1. The quantitative estimate of drug-likeness (QED) is 0.586. The standard InChI is InChI=1S/C13H15BN2O3/c1-12(2)13(3,4)19-14(18-12)11-10(7-15)9(8-17)5-6-16-11/h5-6,8H,1-4H3. The summed E-state index contributed by atoms with van der Waals surface area (Å²) in [6, 6.07) is 3.49. The van der Waals surface area contributed by atoms with E-state index in [1.54, 1.807) is 0 Å². The first-order valence-electron chi connectivity index (χ1n) is 6.02. The van der Waals surface area contributed by atoms with Gasteiger partial charge in [0, 0.05) is 11.8 Å². The van der Waals surface area contributed by atoms with Gasteiger partial charge < -0.3 is 9.31 Å². The summed E-state index contributed by atoms with van der Waals surface area (Å²) < 4.78 is 11.7. The van der Waals surface area contributed by atoms with Crippen molar-refractivity contribution < 1.29 is 14.1 Å². The van der Waals surface area contributed by atoms with E-state index in [0.29, 0.717) is 17.4 Å². The topological polar surface area (TPSA) is 72.2 Å². The molecule has 98 valence electrons. The van der Waals surface area contributed by atoms with Gasteiger partial charge in [-0.25, -0.2) is 0 Å². The molecule has 1 aliphatic rings. The monoisotopic (exact) mass is 258 g/mol. The summed E-state index contributed by atoms with van der Waals surface area (Å²) in [5.74, 6) is 0. The molecule has 1 aromatic heterocycles. The number of nitrogens with zero attached hydrogens (tertiary/aromatic N) is 2. The van der Waals surface area contributed by atoms with Gasteiger partial charge in [-0.15, -0.1) is 0 Å². The minimum absolute atomic E-state index is 0.205. The second-order valence-electron chi connectivity index (χ2n) is 5.48. The van der Waals surface area contributed by atoms with Crippen LogP contribution in [0.4, 0.5) is 0 Å². The Morgan fingerprint density at radius 1 is 1.32 bits per heavy atom. The van der Waals surface area contributed by atoms with Crippen LogP contribution in [0.5, 0.6) is 0 Å². The molecule has 1 fully saturated rings. The number of aromatic nitrogens is 1. The Morgan fingerprint density at radius 3 is 2.37 bits per heavy atom. The molecule has 0 N–H and O–H groups in total. The number of carbonyl (C=O) groups is 1. The Bertz CT molecular complexity index is 547. The molecule has 1 saturated heterocycles. The van der Waals surface area contributed by atoms with Crippen LogP contribution in [0.3, 0.4) is 0 Å². The minimum atomic E-state index is -0.737. The minimum Gasteiger partial charge on any atom is -0.398 e. The van der Waals surface area contributed by atoms with Crippen LogP contribution in [0.15, 0.2) is 12.3 Å². The highest BCUT2D eigenvalue weighted by Crippen LogP contribution is 2.36. The largest absolute Gasteiger partial charge is 0.515 e. The zero-order chi connectivity index (χ0) is 14.3. The van der Waals surface area contributed by atoms with Gasteiger partial charge in [-0.1, -0.05) is 0 Å². The molecule has 0 radical (unpaired) electrons. The highest BCUT2D eigenvalue weighted by atomic mass is 16.7. The van der Waals surface area contributed by atoms with Crippen LogP contribution in [-0.4, -0.2) is 29.6 Å². The average Bonchev–Trinajstić information content (AvgIpc) is 2.57. The van der Waals surface area contributed by atoms with E-state index < -0.39 is 18.3 Å². The van der Waals surface area contributed by atoms with Gasteiger partial charge in [0.2, 0.25) is 0 Å². The number of nitriles is 1. The lowest BCUT2D eigenvalue weighted by molar-refractivity contribution is 0.00578. The van der Waals surface area contributed by atoms with Gasteiger partial charge in [0.25, 0.3) is 0 Å². The lowest BCUT2D eigenvalue weighted by Crippen LogP contribution is -2.41. The van der Waals surface area contributed by atoms with Gasteiger partial charge in [0.1, 0.15) is 6.07 Å². The van der Waals surface area contributed by atoms with Crippen molar-refractivity contribution in [2.75, 3.05) is 0 Å². The van der Waals surface area contributed by atoms with Gasteiger partial charge in [-0.2, -0.15) is 5.26 Å². The van der Waals surface area contributed by atoms with E-state index in [1.807, 2.05) is 33.8 Å². The first kappa shape index (κ1) is 13.7. The zero-order valence-electron chi connectivity index (χ0n) is 11.4. The molecule has 0 amide bonds. The SMILES string of the molecule is CC1(C)OB(c2nccc(C=O)c2C#N)OC1(C)C. The zero-order valence-corrected chi connectivity index (χ0v) is 11.4. The Balaban J connectivity index is 2.46. The molecule has 1 aromatic rings. The fourth-order valence-corrected chi connectivity index (χ4v) is 1.85. The third-order valence-corrected chi connectivity index (χ3v) is 3.73. The van der Waals surface area contributed by atoms with Gasteiger partial charge in [-0.3, -0.25) is 9.78 Å². The van der Waals surface area contributed by atoms with Crippen molar-refractivity contribution >= 4 is 19.0 Å². The molecule has 0 saturated carbocycles. The van der Waals surface area contributed by atoms with E-state index >= 15 is 0 Å². The maximum atomic E-state index is 10.9. The second-order valence-corrected chi connectivity index (χ2v) is 5.48. The number of aldehydes is 1. The first-order valence-corrected chi connectivity index (χ1v) is 6.02. The molecule has 0 unspecified atom stereocenters. The second kappa shape index (κ2) is 4.44. The highest BCUT2D eigenvalue weighted by Gasteiger charge is 2.53. The fourth-order valence-electron chi connectivity index (χ4n) is 1.85. The smallest absolute Gasteiger partial charge is 0.398 e. The first-order chi connectivity index (χ1) is 8.82. The summed E-state index contributed by atoms with van der Waals surface area (Å²) >= 11 is 0. The lowest BCUT2D eigenvalue weighted by atomic mass is 9.80. The van der Waals surface area contributed by atoms with Crippen LogP contribution in [0.2, 0.25) is 0 Å². The maximum absolute atomic E-state index is 10.9. The Labute approximate surface area is 112 Å². The summed E-state index contributed by atoms with van der Waals surface area (Å²) in [7, 11) is -0.737. The van der Waals surface area contributed by atoms with Crippen molar-refractivity contribution in [2.45, 2.75) is 38.9 Å². The molecular weight excluding hydrogens is 243 g/mol. The number of hydrogen-bond donors (Lipinski definition) is 0. The van der Waals surface area contributed by atoms with Crippen LogP contribution in [-0.2, 0) is 9.31 Å². The molecule has 2 rings (SSSR count). The number of rotatable bonds is 2. The van der Waals surface area contributed by atoms with Crippen LogP contribution in [0.1, 0.15) is 43.6 Å². The molecule has 2 heterocycles. The van der Waals surface area contributed by atoms with E-state index in [1.165, 1.54) is 12.3 Å². The molecule has 5 nitrogen and oxygen atoms in total. The normalized spacial score (nSPS) is 20.1. The summed E-state index contributed by atoms with van der Waals surface area (Å²) in [5, 5.41) is 9.19. The van der Waals surface area contributed by atoms with E-state index in [4.69, 9.17) is 9.31 Å². The molecule has 6 heteroatoms. The van der Waals surface area contributed by atoms with E-state index in [-0.39, 0.29) is 5.56 Å². The number of pyridine rings is 1. The highest BCUT2D eigenvalue weighted by molar-refractivity contribution is 6.62. The van der Waals surface area contributed by atoms with Crippen molar-refractivity contribution in [3.05, 3.63) is 23.4 Å². The van der Waals surface area contributed by atoms with Crippen LogP contribution in [0, 0.1) is 11.3 Å². The third-order valence-electron chi connectivity index (χ3n) is 3.73. The van der Waals surface area contributed by atoms with Gasteiger partial charge in [0.05, 0.1) is 22.4 Å². The predicted molar refractivity (Wildman–Crippen MR) is 70.1 cm³/mol. The summed E-state index contributed by atoms with van der Waals surface area (Å²) in [5.41, 5.74) is -0.170. The van der Waals surface area contributed by atoms with E-state index in [0.717, 1.165) is 0 Å². The Hall–Kier alpha value is -1.71. The van der Waals surface area contributed by atoms with Crippen LogP contribution >= 0.6 is 0 Å². The number of carbonyl (C=O) groups excluding carboxylic acids is 1. The molecule has 1 aliphatic heterocycles. The summed E-state index contributed by atoms with van der Waals surface area (Å²) in [6.45, 7) is 7.68. The average molecular weight is 258 g/mol. The van der Waals surface area contributed by atoms with Gasteiger partial charge in [0.15, 0.2) is 6.29 Å². The van der Waals surface area contributed by atoms with Crippen molar-refractivity contribution in [3.8, 4) is 6.07 Å². The van der Waals surface area contributed by atoms with Crippen molar-refractivity contribution in [2.24, 2.45) is 0 Å². The lowest BCUT2D eigenvalue weighted by Gasteiger charge is -2.32. The van der Waals surface area contributed by atoms with Crippen molar-refractivity contribution in [1.29, 1.82) is 5.26 Å². The summed E-state index contributed by atoms with van der Waals surface area (Å²) in [6.07, 6.45) is 2.11. The predicted octanol–water partition coefficient (Wildman–Crippen LogP) is 1.06. The van der Waals surface area contributed by atoms with Crippen molar-refractivity contribution in [1.82, 2.24) is 4.98 Å². The molecule has 0 spiro atoms. The van der Waals surface area contributed by atoms with Crippen molar-refractivity contribution in [3.63, 3.8) is 0 Å². The Kier molecular flexibility index (Phi) is 3.21. The third kappa shape index (κ3) is 2.16. The molecular formula is C13H15BN2O3.